The van der Waals surface area contributed by atoms with Gasteiger partial charge in [-0.25, -0.2) is 0 Å². The van der Waals surface area contributed by atoms with Gasteiger partial charge in [0.05, 0.1) is 0 Å². The normalized spacial score (nSPS) is 19.1. The van der Waals surface area contributed by atoms with E-state index in [0.29, 0.717) is 12.5 Å². The molecule has 1 amide bonds. The van der Waals surface area contributed by atoms with Crippen LogP contribution < -0.4 is 11.1 Å². The summed E-state index contributed by atoms with van der Waals surface area (Å²) in [7, 11) is 0. The van der Waals surface area contributed by atoms with E-state index in [2.05, 4.69) is 12.2 Å². The number of unbranched alkanes of at least 4 members (excludes halogenated alkanes) is 1. The molecule has 0 aromatic rings. The van der Waals surface area contributed by atoms with E-state index in [4.69, 9.17) is 5.73 Å². The Morgan fingerprint density at radius 3 is 2.73 bits per heavy atom. The van der Waals surface area contributed by atoms with Crippen molar-refractivity contribution in [3.05, 3.63) is 0 Å². The molecule has 1 rings (SSSR count). The Hall–Kier alpha value is -0.570. The van der Waals surface area contributed by atoms with E-state index >= 15 is 0 Å². The van der Waals surface area contributed by atoms with Crippen LogP contribution in [0.1, 0.15) is 58.3 Å². The van der Waals surface area contributed by atoms with Crippen LogP contribution in [0.3, 0.4) is 0 Å². The minimum atomic E-state index is 0.0475. The summed E-state index contributed by atoms with van der Waals surface area (Å²) < 4.78 is 0. The van der Waals surface area contributed by atoms with Gasteiger partial charge < -0.3 is 11.1 Å². The van der Waals surface area contributed by atoms with Crippen LogP contribution in [0.15, 0.2) is 0 Å². The van der Waals surface area contributed by atoms with Crippen LogP contribution in [0.25, 0.3) is 0 Å². The fourth-order valence-corrected chi connectivity index (χ4v) is 2.16. The predicted octanol–water partition coefficient (Wildman–Crippen LogP) is 1.95. The van der Waals surface area contributed by atoms with Crippen LogP contribution in [-0.2, 0) is 4.79 Å². The second kappa shape index (κ2) is 6.83. The van der Waals surface area contributed by atoms with Gasteiger partial charge in [-0.3, -0.25) is 4.79 Å². The van der Waals surface area contributed by atoms with E-state index in [9.17, 15) is 4.79 Å². The van der Waals surface area contributed by atoms with Crippen molar-refractivity contribution in [2.24, 2.45) is 5.73 Å². The van der Waals surface area contributed by atoms with Crippen molar-refractivity contribution in [1.82, 2.24) is 5.32 Å². The smallest absolute Gasteiger partial charge is 0.221 e. The third kappa shape index (κ3) is 5.17. The lowest BCUT2D eigenvalue weighted by Gasteiger charge is -2.14. The first-order valence-electron chi connectivity index (χ1n) is 6.27. The zero-order valence-electron chi connectivity index (χ0n) is 9.80. The van der Waals surface area contributed by atoms with Gasteiger partial charge in [-0.15, -0.1) is 0 Å². The highest BCUT2D eigenvalue weighted by Crippen LogP contribution is 2.17. The van der Waals surface area contributed by atoms with E-state index in [1.807, 2.05) is 0 Å². The average molecular weight is 212 g/mol. The summed E-state index contributed by atoms with van der Waals surface area (Å²) in [6, 6.07) is 0.474. The lowest BCUT2D eigenvalue weighted by atomic mass is 10.1. The van der Waals surface area contributed by atoms with Gasteiger partial charge in [-0.05, 0) is 19.3 Å². The molecule has 0 aromatic carbocycles. The molecule has 0 aliphatic heterocycles. The summed E-state index contributed by atoms with van der Waals surface area (Å²) in [6.45, 7) is 2.14. The maximum absolute atomic E-state index is 11.6. The van der Waals surface area contributed by atoms with E-state index in [1.54, 1.807) is 0 Å². The summed E-state index contributed by atoms with van der Waals surface area (Å²) in [6.07, 6.45) is 8.55. The van der Waals surface area contributed by atoms with Gasteiger partial charge >= 0.3 is 0 Å². The first-order chi connectivity index (χ1) is 7.22. The highest BCUT2D eigenvalue weighted by atomic mass is 16.1. The summed E-state index contributed by atoms with van der Waals surface area (Å²) >= 11 is 0. The van der Waals surface area contributed by atoms with Crippen LogP contribution in [0.5, 0.6) is 0 Å². The Balaban J connectivity index is 2.11. The molecule has 1 saturated carbocycles. The van der Waals surface area contributed by atoms with Crippen LogP contribution in [0.4, 0.5) is 0 Å². The molecule has 3 nitrogen and oxygen atoms in total. The molecule has 1 aliphatic rings. The Labute approximate surface area is 92.8 Å². The van der Waals surface area contributed by atoms with Gasteiger partial charge in [0.1, 0.15) is 0 Å². The third-order valence-electron chi connectivity index (χ3n) is 3.10. The number of amides is 1. The van der Waals surface area contributed by atoms with Gasteiger partial charge in [-0.2, -0.15) is 0 Å². The van der Waals surface area contributed by atoms with Crippen LogP contribution >= 0.6 is 0 Å². The second-order valence-electron chi connectivity index (χ2n) is 4.66. The molecule has 0 spiro atoms. The van der Waals surface area contributed by atoms with Crippen molar-refractivity contribution < 1.29 is 4.79 Å². The number of nitrogens with two attached hydrogens (primary N) is 1. The molecular weight excluding hydrogens is 188 g/mol. The Morgan fingerprint density at radius 1 is 1.47 bits per heavy atom. The summed E-state index contributed by atoms with van der Waals surface area (Å²) in [5.74, 6) is 0.144. The lowest BCUT2D eigenvalue weighted by Crippen LogP contribution is -2.36. The maximum atomic E-state index is 11.6. The molecule has 88 valence electrons. The number of rotatable bonds is 6. The topological polar surface area (TPSA) is 55.1 Å². The Bertz CT molecular complexity index is 188. The molecule has 0 bridgehead atoms. The van der Waals surface area contributed by atoms with Crippen molar-refractivity contribution >= 4 is 5.91 Å². The molecule has 0 heterocycles. The van der Waals surface area contributed by atoms with E-state index < -0.39 is 0 Å². The number of carbonyl (C=O) groups excluding carboxylic acids is 1. The van der Waals surface area contributed by atoms with Gasteiger partial charge in [0.25, 0.3) is 0 Å². The molecule has 0 aromatic heterocycles. The molecular formula is C12H24N2O. The molecule has 15 heavy (non-hydrogen) atoms. The van der Waals surface area contributed by atoms with Crippen molar-refractivity contribution in [3.8, 4) is 0 Å². The monoisotopic (exact) mass is 212 g/mol. The molecule has 1 aliphatic carbocycles. The first kappa shape index (κ1) is 12.5. The molecule has 1 fully saturated rings. The van der Waals surface area contributed by atoms with Gasteiger partial charge in [0, 0.05) is 18.5 Å². The molecule has 3 N–H and O–H groups in total. The van der Waals surface area contributed by atoms with E-state index in [-0.39, 0.29) is 11.9 Å². The molecule has 0 radical (unpaired) electrons. The van der Waals surface area contributed by atoms with Crippen molar-refractivity contribution in [2.75, 3.05) is 0 Å². The van der Waals surface area contributed by atoms with Gasteiger partial charge in [0.2, 0.25) is 5.91 Å². The zero-order chi connectivity index (χ0) is 11.1. The van der Waals surface area contributed by atoms with E-state index in [1.165, 1.54) is 12.8 Å². The van der Waals surface area contributed by atoms with Crippen molar-refractivity contribution in [1.29, 1.82) is 0 Å². The van der Waals surface area contributed by atoms with Gasteiger partial charge in [0.15, 0.2) is 0 Å². The zero-order valence-corrected chi connectivity index (χ0v) is 9.80. The fourth-order valence-electron chi connectivity index (χ4n) is 2.16. The highest BCUT2D eigenvalue weighted by Gasteiger charge is 2.18. The maximum Gasteiger partial charge on any atom is 0.221 e. The van der Waals surface area contributed by atoms with Crippen LogP contribution in [0.2, 0.25) is 0 Å². The first-order valence-corrected chi connectivity index (χ1v) is 6.27. The SMILES string of the molecule is CCCC[C@H](N)CC(=O)NC1CCCC1. The standard InChI is InChI=1S/C12H24N2O/c1-2-3-6-10(13)9-12(15)14-11-7-4-5-8-11/h10-11H,2-9,13H2,1H3,(H,14,15)/t10-/m0/s1. The average Bonchev–Trinajstić information content (AvgIpc) is 2.67. The highest BCUT2D eigenvalue weighted by molar-refractivity contribution is 5.76. The summed E-state index contributed by atoms with van der Waals surface area (Å²) in [5, 5.41) is 3.07. The van der Waals surface area contributed by atoms with Crippen molar-refractivity contribution in [3.63, 3.8) is 0 Å². The number of carbonyl (C=O) groups is 1. The third-order valence-corrected chi connectivity index (χ3v) is 3.10. The van der Waals surface area contributed by atoms with Crippen LogP contribution in [0, 0.1) is 0 Å². The van der Waals surface area contributed by atoms with Crippen molar-refractivity contribution in [2.45, 2.75) is 70.4 Å². The predicted molar refractivity (Wildman–Crippen MR) is 62.5 cm³/mol. The van der Waals surface area contributed by atoms with Crippen LogP contribution in [-0.4, -0.2) is 18.0 Å². The quantitative estimate of drug-likeness (QED) is 0.707. The fraction of sp³-hybridized carbons (Fsp3) is 0.917. The Morgan fingerprint density at radius 2 is 2.13 bits per heavy atom. The van der Waals surface area contributed by atoms with E-state index in [0.717, 1.165) is 32.1 Å². The number of hydrogen-bond acceptors (Lipinski definition) is 2. The molecule has 0 saturated heterocycles. The minimum absolute atomic E-state index is 0.0475. The lowest BCUT2D eigenvalue weighted by molar-refractivity contribution is -0.122. The number of hydrogen-bond donors (Lipinski definition) is 2. The number of nitrogens with one attached hydrogen (secondary N) is 1. The molecule has 3 heteroatoms. The summed E-state index contributed by atoms with van der Waals surface area (Å²) in [5.41, 5.74) is 5.87. The Kier molecular flexibility index (Phi) is 5.69. The summed E-state index contributed by atoms with van der Waals surface area (Å²) in [4.78, 5) is 11.6. The minimum Gasteiger partial charge on any atom is -0.353 e. The second-order valence-corrected chi connectivity index (χ2v) is 4.66. The van der Waals surface area contributed by atoms with Gasteiger partial charge in [-0.1, -0.05) is 32.6 Å². The largest absolute Gasteiger partial charge is 0.353 e. The molecule has 0 unspecified atom stereocenters. The molecule has 1 atom stereocenters.